The average Bonchev–Trinajstić information content (AvgIpc) is 2.19. The largest absolute Gasteiger partial charge is 0.393 e. The molecule has 4 nitrogen and oxygen atoms in total. The van der Waals surface area contributed by atoms with Gasteiger partial charge in [0.05, 0.1) is 12.3 Å². The Kier molecular flexibility index (Phi) is 3.92. The molecule has 0 saturated carbocycles. The normalized spacial score (nSPS) is 11.4. The molecule has 1 heterocycles. The van der Waals surface area contributed by atoms with Crippen LogP contribution in [0.4, 0.5) is 0 Å². The molecule has 0 spiro atoms. The number of aromatic nitrogens is 1. The van der Waals surface area contributed by atoms with E-state index in [1.165, 1.54) is 0 Å². The molecule has 0 radical (unpaired) electrons. The first-order valence-electron chi connectivity index (χ1n) is 4.02. The minimum Gasteiger partial charge on any atom is -0.393 e. The van der Waals surface area contributed by atoms with Crippen LogP contribution in [0.1, 0.15) is 12.5 Å². The lowest BCUT2D eigenvalue weighted by Gasteiger charge is -1.99. The number of hydrogen-bond donors (Lipinski definition) is 1. The van der Waals surface area contributed by atoms with Crippen LogP contribution in [0.5, 0.6) is 0 Å². The highest BCUT2D eigenvalue weighted by Crippen LogP contribution is 1.98. The van der Waals surface area contributed by atoms with Crippen LogP contribution >= 0.6 is 0 Å². The molecule has 0 amide bonds. The SMILES string of the molecule is C/C(=N/OCCO)c1ccncc1. The number of oxime groups is 1. The topological polar surface area (TPSA) is 54.7 Å². The van der Waals surface area contributed by atoms with Crippen LogP contribution < -0.4 is 0 Å². The molecule has 0 unspecified atom stereocenters. The Bertz CT molecular complexity index is 272. The van der Waals surface area contributed by atoms with Crippen molar-refractivity contribution in [3.05, 3.63) is 30.1 Å². The third-order valence-corrected chi connectivity index (χ3v) is 1.48. The number of hydrogen-bond acceptors (Lipinski definition) is 4. The van der Waals surface area contributed by atoms with Crippen molar-refractivity contribution in [2.45, 2.75) is 6.92 Å². The smallest absolute Gasteiger partial charge is 0.140 e. The van der Waals surface area contributed by atoms with E-state index >= 15 is 0 Å². The highest BCUT2D eigenvalue weighted by Gasteiger charge is 1.95. The first kappa shape index (κ1) is 9.67. The molecule has 1 rings (SSSR count). The molecule has 0 aliphatic carbocycles. The summed E-state index contributed by atoms with van der Waals surface area (Å²) in [5, 5.41) is 12.3. The lowest BCUT2D eigenvalue weighted by atomic mass is 10.2. The van der Waals surface area contributed by atoms with E-state index in [2.05, 4.69) is 10.1 Å². The van der Waals surface area contributed by atoms with Gasteiger partial charge in [0.25, 0.3) is 0 Å². The molecule has 0 atom stereocenters. The summed E-state index contributed by atoms with van der Waals surface area (Å²) in [7, 11) is 0. The summed E-state index contributed by atoms with van der Waals surface area (Å²) in [4.78, 5) is 8.70. The molecule has 0 aliphatic heterocycles. The van der Waals surface area contributed by atoms with E-state index in [4.69, 9.17) is 9.94 Å². The Morgan fingerprint density at radius 3 is 2.85 bits per heavy atom. The fraction of sp³-hybridized carbons (Fsp3) is 0.333. The zero-order valence-corrected chi connectivity index (χ0v) is 7.47. The molecule has 0 aromatic carbocycles. The van der Waals surface area contributed by atoms with E-state index in [0.717, 1.165) is 11.3 Å². The molecule has 1 aromatic rings. The van der Waals surface area contributed by atoms with Crippen LogP contribution in [0.15, 0.2) is 29.7 Å². The second-order valence-electron chi connectivity index (χ2n) is 2.47. The lowest BCUT2D eigenvalue weighted by molar-refractivity contribution is 0.0986. The zero-order chi connectivity index (χ0) is 9.52. The number of pyridine rings is 1. The maximum atomic E-state index is 8.45. The molecular formula is C9H12N2O2. The van der Waals surface area contributed by atoms with E-state index in [9.17, 15) is 0 Å². The van der Waals surface area contributed by atoms with Crippen molar-refractivity contribution in [1.82, 2.24) is 4.98 Å². The lowest BCUT2D eigenvalue weighted by Crippen LogP contribution is -1.99. The van der Waals surface area contributed by atoms with E-state index in [1.807, 2.05) is 19.1 Å². The van der Waals surface area contributed by atoms with Gasteiger partial charge in [-0.25, -0.2) is 0 Å². The minimum atomic E-state index is -0.0207. The van der Waals surface area contributed by atoms with Gasteiger partial charge in [0.1, 0.15) is 6.61 Å². The van der Waals surface area contributed by atoms with Crippen molar-refractivity contribution in [3.63, 3.8) is 0 Å². The molecule has 70 valence electrons. The fourth-order valence-corrected chi connectivity index (χ4v) is 0.829. The molecule has 0 aliphatic rings. The number of rotatable bonds is 4. The van der Waals surface area contributed by atoms with Crippen LogP contribution in [-0.4, -0.2) is 29.0 Å². The average molecular weight is 180 g/mol. The predicted octanol–water partition coefficient (Wildman–Crippen LogP) is 0.815. The summed E-state index contributed by atoms with van der Waals surface area (Å²) in [6.07, 6.45) is 3.39. The van der Waals surface area contributed by atoms with Crippen LogP contribution in [0.25, 0.3) is 0 Å². The molecular weight excluding hydrogens is 168 g/mol. The van der Waals surface area contributed by atoms with Gasteiger partial charge in [-0.05, 0) is 19.1 Å². The maximum absolute atomic E-state index is 8.45. The quantitative estimate of drug-likeness (QED) is 0.424. The summed E-state index contributed by atoms with van der Waals surface area (Å²) in [6, 6.07) is 3.70. The molecule has 1 N–H and O–H groups in total. The molecule has 4 heteroatoms. The van der Waals surface area contributed by atoms with Gasteiger partial charge in [-0.15, -0.1) is 0 Å². The van der Waals surface area contributed by atoms with Gasteiger partial charge in [0, 0.05) is 18.0 Å². The predicted molar refractivity (Wildman–Crippen MR) is 49.5 cm³/mol. The molecule has 0 bridgehead atoms. The van der Waals surface area contributed by atoms with Gasteiger partial charge >= 0.3 is 0 Å². The standard InChI is InChI=1S/C9H12N2O2/c1-8(11-13-7-6-12)9-2-4-10-5-3-9/h2-5,12H,6-7H2,1H3/b11-8-. The van der Waals surface area contributed by atoms with E-state index < -0.39 is 0 Å². The second-order valence-corrected chi connectivity index (χ2v) is 2.47. The van der Waals surface area contributed by atoms with Gasteiger partial charge in [0.2, 0.25) is 0 Å². The Balaban J connectivity index is 2.57. The van der Waals surface area contributed by atoms with E-state index in [-0.39, 0.29) is 13.2 Å². The van der Waals surface area contributed by atoms with Gasteiger partial charge < -0.3 is 9.94 Å². The van der Waals surface area contributed by atoms with Crippen molar-refractivity contribution < 1.29 is 9.94 Å². The van der Waals surface area contributed by atoms with Gasteiger partial charge in [-0.1, -0.05) is 5.16 Å². The van der Waals surface area contributed by atoms with Gasteiger partial charge in [-0.3, -0.25) is 4.98 Å². The zero-order valence-electron chi connectivity index (χ0n) is 7.47. The van der Waals surface area contributed by atoms with Crippen molar-refractivity contribution >= 4 is 5.71 Å². The summed E-state index contributed by atoms with van der Waals surface area (Å²) >= 11 is 0. The highest BCUT2D eigenvalue weighted by molar-refractivity contribution is 5.98. The molecule has 1 aromatic heterocycles. The Morgan fingerprint density at radius 2 is 2.23 bits per heavy atom. The van der Waals surface area contributed by atoms with Crippen molar-refractivity contribution in [3.8, 4) is 0 Å². The minimum absolute atomic E-state index is 0.0207. The Labute approximate surface area is 76.9 Å². The van der Waals surface area contributed by atoms with Crippen LogP contribution in [0.3, 0.4) is 0 Å². The van der Waals surface area contributed by atoms with Crippen molar-refractivity contribution in [2.24, 2.45) is 5.16 Å². The van der Waals surface area contributed by atoms with Gasteiger partial charge in [0.15, 0.2) is 0 Å². The van der Waals surface area contributed by atoms with Gasteiger partial charge in [-0.2, -0.15) is 0 Å². The Hall–Kier alpha value is -1.42. The highest BCUT2D eigenvalue weighted by atomic mass is 16.6. The third-order valence-electron chi connectivity index (χ3n) is 1.48. The van der Waals surface area contributed by atoms with Crippen molar-refractivity contribution in [1.29, 1.82) is 0 Å². The van der Waals surface area contributed by atoms with E-state index in [0.29, 0.717) is 0 Å². The molecule has 0 saturated heterocycles. The van der Waals surface area contributed by atoms with E-state index in [1.54, 1.807) is 12.4 Å². The summed E-state index contributed by atoms with van der Waals surface area (Å²) < 4.78 is 0. The monoisotopic (exact) mass is 180 g/mol. The first-order valence-corrected chi connectivity index (χ1v) is 4.02. The molecule has 0 fully saturated rings. The number of aliphatic hydroxyl groups is 1. The van der Waals surface area contributed by atoms with Crippen molar-refractivity contribution in [2.75, 3.05) is 13.2 Å². The van der Waals surface area contributed by atoms with Crippen LogP contribution in [0, 0.1) is 0 Å². The molecule has 13 heavy (non-hydrogen) atoms. The summed E-state index contributed by atoms with van der Waals surface area (Å²) in [5.74, 6) is 0. The summed E-state index contributed by atoms with van der Waals surface area (Å²) in [5.41, 5.74) is 1.74. The second kappa shape index (κ2) is 5.27. The van der Waals surface area contributed by atoms with Crippen LogP contribution in [-0.2, 0) is 4.84 Å². The number of nitrogens with zero attached hydrogens (tertiary/aromatic N) is 2. The third kappa shape index (κ3) is 3.21. The first-order chi connectivity index (χ1) is 6.34. The number of aliphatic hydroxyl groups excluding tert-OH is 1. The summed E-state index contributed by atoms with van der Waals surface area (Å²) in [6.45, 7) is 2.04. The van der Waals surface area contributed by atoms with Crippen LogP contribution in [0.2, 0.25) is 0 Å². The Morgan fingerprint density at radius 1 is 1.54 bits per heavy atom. The fourth-order valence-electron chi connectivity index (χ4n) is 0.829. The maximum Gasteiger partial charge on any atom is 0.140 e.